The number of urea groups is 1. The number of aryl methyl sites for hydroxylation is 2. The first-order chi connectivity index (χ1) is 11.8. The third-order valence-electron chi connectivity index (χ3n) is 4.42. The number of carbonyl (C=O) groups excluding carboxylic acids is 1. The minimum Gasteiger partial charge on any atom is -0.481 e. The highest BCUT2D eigenvalue weighted by molar-refractivity contribution is 5.76. The van der Waals surface area contributed by atoms with Gasteiger partial charge in [-0.1, -0.05) is 6.92 Å². The van der Waals surface area contributed by atoms with Crippen LogP contribution in [-0.4, -0.2) is 64.7 Å². The lowest BCUT2D eigenvalue weighted by molar-refractivity contribution is -0.141. The molecular formula is C17H27N5O3. The Bertz CT molecular complexity index is 608. The molecule has 138 valence electrons. The number of hydrogen-bond acceptors (Lipinski definition) is 5. The molecule has 1 fully saturated rings. The molecule has 0 radical (unpaired) electrons. The van der Waals surface area contributed by atoms with E-state index in [-0.39, 0.29) is 18.6 Å². The SMILES string of the molecule is Cc1cc(N2CCC(NC(=O)N(C)CC(C)C(=O)O)CC2)nc(C)n1. The number of rotatable bonds is 5. The summed E-state index contributed by atoms with van der Waals surface area (Å²) in [7, 11) is 1.62. The molecule has 2 heterocycles. The molecule has 2 rings (SSSR count). The van der Waals surface area contributed by atoms with E-state index in [0.717, 1.165) is 43.3 Å². The molecule has 0 saturated carbocycles. The summed E-state index contributed by atoms with van der Waals surface area (Å²) in [6, 6.07) is 1.85. The van der Waals surface area contributed by atoms with Crippen molar-refractivity contribution in [3.8, 4) is 0 Å². The summed E-state index contributed by atoms with van der Waals surface area (Å²) in [4.78, 5) is 35.5. The van der Waals surface area contributed by atoms with Crippen LogP contribution in [0.3, 0.4) is 0 Å². The Kier molecular flexibility index (Phi) is 6.17. The van der Waals surface area contributed by atoms with Gasteiger partial charge >= 0.3 is 12.0 Å². The van der Waals surface area contributed by atoms with Crippen molar-refractivity contribution in [3.63, 3.8) is 0 Å². The largest absolute Gasteiger partial charge is 0.481 e. The molecule has 0 aromatic carbocycles. The number of anilines is 1. The first-order valence-electron chi connectivity index (χ1n) is 8.58. The number of amides is 2. The van der Waals surface area contributed by atoms with Crippen LogP contribution in [0.2, 0.25) is 0 Å². The van der Waals surface area contributed by atoms with Crippen molar-refractivity contribution in [1.29, 1.82) is 0 Å². The number of hydrogen-bond donors (Lipinski definition) is 2. The normalized spacial score (nSPS) is 16.4. The highest BCUT2D eigenvalue weighted by Crippen LogP contribution is 2.19. The van der Waals surface area contributed by atoms with E-state index in [1.54, 1.807) is 14.0 Å². The molecule has 1 unspecified atom stereocenters. The lowest BCUT2D eigenvalue weighted by Gasteiger charge is -2.34. The zero-order valence-corrected chi connectivity index (χ0v) is 15.3. The van der Waals surface area contributed by atoms with E-state index in [9.17, 15) is 9.59 Å². The second-order valence-electron chi connectivity index (χ2n) is 6.75. The molecule has 8 heteroatoms. The van der Waals surface area contributed by atoms with Gasteiger partial charge in [0.05, 0.1) is 5.92 Å². The van der Waals surface area contributed by atoms with Gasteiger partial charge in [-0.2, -0.15) is 0 Å². The predicted molar refractivity (Wildman–Crippen MR) is 94.7 cm³/mol. The van der Waals surface area contributed by atoms with Crippen molar-refractivity contribution in [2.75, 3.05) is 31.6 Å². The van der Waals surface area contributed by atoms with Gasteiger partial charge in [-0.15, -0.1) is 0 Å². The minimum atomic E-state index is -0.900. The first-order valence-corrected chi connectivity index (χ1v) is 8.58. The van der Waals surface area contributed by atoms with E-state index in [4.69, 9.17) is 5.11 Å². The molecule has 1 aliphatic heterocycles. The van der Waals surface area contributed by atoms with Gasteiger partial charge in [0.2, 0.25) is 0 Å². The van der Waals surface area contributed by atoms with Gasteiger partial charge in [-0.05, 0) is 26.7 Å². The molecular weight excluding hydrogens is 322 g/mol. The number of carboxylic acid groups (broad SMARTS) is 1. The number of carboxylic acids is 1. The zero-order chi connectivity index (χ0) is 18.6. The van der Waals surface area contributed by atoms with Crippen LogP contribution in [0.15, 0.2) is 6.07 Å². The first kappa shape index (κ1) is 19.0. The number of aliphatic carboxylic acids is 1. The maximum atomic E-state index is 12.2. The number of aromatic nitrogens is 2. The second-order valence-corrected chi connectivity index (χ2v) is 6.75. The lowest BCUT2D eigenvalue weighted by Crippen LogP contribution is -2.49. The van der Waals surface area contributed by atoms with Gasteiger partial charge in [0.15, 0.2) is 0 Å². The van der Waals surface area contributed by atoms with Crippen LogP contribution in [0.5, 0.6) is 0 Å². The Morgan fingerprint density at radius 1 is 1.36 bits per heavy atom. The third-order valence-corrected chi connectivity index (χ3v) is 4.42. The van der Waals surface area contributed by atoms with Crippen LogP contribution in [0.1, 0.15) is 31.3 Å². The topological polar surface area (TPSA) is 98.7 Å². The van der Waals surface area contributed by atoms with Gasteiger partial charge in [0, 0.05) is 44.5 Å². The summed E-state index contributed by atoms with van der Waals surface area (Å²) in [5, 5.41) is 11.9. The Morgan fingerprint density at radius 2 is 2.00 bits per heavy atom. The van der Waals surface area contributed by atoms with E-state index < -0.39 is 11.9 Å². The molecule has 1 aliphatic rings. The van der Waals surface area contributed by atoms with E-state index in [2.05, 4.69) is 20.2 Å². The molecule has 2 amide bonds. The summed E-state index contributed by atoms with van der Waals surface area (Å²) < 4.78 is 0. The maximum Gasteiger partial charge on any atom is 0.317 e. The summed E-state index contributed by atoms with van der Waals surface area (Å²) in [6.07, 6.45) is 1.66. The van der Waals surface area contributed by atoms with E-state index in [1.165, 1.54) is 4.90 Å². The highest BCUT2D eigenvalue weighted by Gasteiger charge is 2.24. The van der Waals surface area contributed by atoms with E-state index >= 15 is 0 Å². The van der Waals surface area contributed by atoms with E-state index in [0.29, 0.717) is 0 Å². The van der Waals surface area contributed by atoms with Gasteiger partial charge in [-0.3, -0.25) is 4.79 Å². The summed E-state index contributed by atoms with van der Waals surface area (Å²) in [6.45, 7) is 7.26. The van der Waals surface area contributed by atoms with Crippen LogP contribution in [0.25, 0.3) is 0 Å². The van der Waals surface area contributed by atoms with Crippen molar-refractivity contribution in [2.24, 2.45) is 5.92 Å². The number of nitrogens with one attached hydrogen (secondary N) is 1. The van der Waals surface area contributed by atoms with E-state index in [1.807, 2.05) is 19.9 Å². The third kappa shape index (κ3) is 5.30. The Hall–Kier alpha value is -2.38. The molecule has 0 spiro atoms. The highest BCUT2D eigenvalue weighted by atomic mass is 16.4. The van der Waals surface area contributed by atoms with Crippen LogP contribution in [-0.2, 0) is 4.79 Å². The molecule has 1 saturated heterocycles. The second kappa shape index (κ2) is 8.13. The van der Waals surface area contributed by atoms with Crippen LogP contribution in [0.4, 0.5) is 10.6 Å². The smallest absolute Gasteiger partial charge is 0.317 e. The average molecular weight is 349 g/mol. The monoisotopic (exact) mass is 349 g/mol. The summed E-state index contributed by atoms with van der Waals surface area (Å²) in [5.41, 5.74) is 0.951. The van der Waals surface area contributed by atoms with Gasteiger partial charge in [-0.25, -0.2) is 14.8 Å². The Balaban J connectivity index is 1.83. The molecule has 25 heavy (non-hydrogen) atoms. The number of nitrogens with zero attached hydrogens (tertiary/aromatic N) is 4. The average Bonchev–Trinajstić information content (AvgIpc) is 2.54. The van der Waals surface area contributed by atoms with Crippen molar-refractivity contribution < 1.29 is 14.7 Å². The maximum absolute atomic E-state index is 12.2. The van der Waals surface area contributed by atoms with Gasteiger partial charge in [0.1, 0.15) is 11.6 Å². The molecule has 1 atom stereocenters. The van der Waals surface area contributed by atoms with Gasteiger partial charge < -0.3 is 20.2 Å². The number of carbonyl (C=O) groups is 2. The number of piperidine rings is 1. The van der Waals surface area contributed by atoms with Crippen molar-refractivity contribution in [2.45, 2.75) is 39.7 Å². The Labute approximate surface area is 148 Å². The Morgan fingerprint density at radius 3 is 2.56 bits per heavy atom. The lowest BCUT2D eigenvalue weighted by atomic mass is 10.1. The zero-order valence-electron chi connectivity index (χ0n) is 15.3. The molecule has 1 aromatic rings. The predicted octanol–water partition coefficient (Wildman–Crippen LogP) is 1.42. The van der Waals surface area contributed by atoms with Crippen molar-refractivity contribution in [3.05, 3.63) is 17.6 Å². The van der Waals surface area contributed by atoms with Crippen LogP contribution in [0, 0.1) is 19.8 Å². The van der Waals surface area contributed by atoms with Crippen LogP contribution >= 0.6 is 0 Å². The molecule has 8 nitrogen and oxygen atoms in total. The quantitative estimate of drug-likeness (QED) is 0.834. The molecule has 1 aromatic heterocycles. The summed E-state index contributed by atoms with van der Waals surface area (Å²) >= 11 is 0. The standard InChI is InChI=1S/C17H27N5O3/c1-11(16(23)24)10-21(4)17(25)20-14-5-7-22(8-6-14)15-9-12(2)18-13(3)19-15/h9,11,14H,5-8,10H2,1-4H3,(H,20,25)(H,23,24). The fourth-order valence-electron chi connectivity index (χ4n) is 2.97. The fourth-order valence-corrected chi connectivity index (χ4v) is 2.97. The molecule has 2 N–H and O–H groups in total. The van der Waals surface area contributed by atoms with Crippen LogP contribution < -0.4 is 10.2 Å². The molecule has 0 bridgehead atoms. The fraction of sp³-hybridized carbons (Fsp3) is 0.647. The minimum absolute atomic E-state index is 0.0929. The molecule has 0 aliphatic carbocycles. The summed E-state index contributed by atoms with van der Waals surface area (Å²) in [5.74, 6) is 0.215. The van der Waals surface area contributed by atoms with Gasteiger partial charge in [0.25, 0.3) is 0 Å². The van der Waals surface area contributed by atoms with Crippen molar-refractivity contribution >= 4 is 17.8 Å². The van der Waals surface area contributed by atoms with Crippen molar-refractivity contribution in [1.82, 2.24) is 20.2 Å².